The summed E-state index contributed by atoms with van der Waals surface area (Å²) >= 11 is 0. The maximum Gasteiger partial charge on any atom is 0.410 e. The van der Waals surface area contributed by atoms with Crippen LogP contribution in [0.1, 0.15) is 55.8 Å². The molecule has 27 heavy (non-hydrogen) atoms. The highest BCUT2D eigenvalue weighted by Crippen LogP contribution is 2.40. The Hall–Kier alpha value is -2.18. The largest absolute Gasteiger partial charge is 0.450 e. The van der Waals surface area contributed by atoms with Gasteiger partial charge in [-0.1, -0.05) is 0 Å². The molecule has 1 N–H and O–H groups in total. The molecule has 5 nitrogen and oxygen atoms in total. The van der Waals surface area contributed by atoms with Gasteiger partial charge in [0.1, 0.15) is 11.6 Å². The molecule has 0 saturated carbocycles. The Morgan fingerprint density at radius 2 is 1.93 bits per heavy atom. The summed E-state index contributed by atoms with van der Waals surface area (Å²) in [5.41, 5.74) is -0.141. The number of piperidine rings is 1. The van der Waals surface area contributed by atoms with Gasteiger partial charge >= 0.3 is 6.09 Å². The first kappa shape index (κ1) is 19.6. The zero-order valence-electron chi connectivity index (χ0n) is 15.5. The standard InChI is InChI=1S/C20H26F2N2O3/c1-2-27-20(26)24-15-6-7-16(24)11-13(10-15)4-3-9-23-19(25)17-8-5-14(21)12-18(17)22/h5,8,12-13,15-16H,2-4,6-7,9-11H2,1H3,(H,23,25). The smallest absolute Gasteiger partial charge is 0.410 e. The second-order valence-electron chi connectivity index (χ2n) is 7.35. The normalized spacial score (nSPS) is 24.0. The Bertz CT molecular complexity index is 684. The van der Waals surface area contributed by atoms with Crippen LogP contribution in [0.15, 0.2) is 18.2 Å². The molecule has 2 bridgehead atoms. The van der Waals surface area contributed by atoms with E-state index in [1.165, 1.54) is 0 Å². The fraction of sp³-hybridized carbons (Fsp3) is 0.600. The van der Waals surface area contributed by atoms with Crippen molar-refractivity contribution in [1.29, 1.82) is 0 Å². The van der Waals surface area contributed by atoms with Gasteiger partial charge in [-0.2, -0.15) is 0 Å². The van der Waals surface area contributed by atoms with Crippen molar-refractivity contribution in [3.8, 4) is 0 Å². The van der Waals surface area contributed by atoms with Crippen LogP contribution in [0.25, 0.3) is 0 Å². The molecule has 0 aromatic heterocycles. The van der Waals surface area contributed by atoms with Crippen LogP contribution >= 0.6 is 0 Å². The third-order valence-corrected chi connectivity index (χ3v) is 5.56. The van der Waals surface area contributed by atoms with E-state index in [2.05, 4.69) is 5.32 Å². The molecule has 2 atom stereocenters. The van der Waals surface area contributed by atoms with Gasteiger partial charge in [0.2, 0.25) is 0 Å². The highest BCUT2D eigenvalue weighted by molar-refractivity contribution is 5.94. The summed E-state index contributed by atoms with van der Waals surface area (Å²) < 4.78 is 31.7. The highest BCUT2D eigenvalue weighted by Gasteiger charge is 2.43. The number of hydrogen-bond acceptors (Lipinski definition) is 3. The number of nitrogens with zero attached hydrogens (tertiary/aromatic N) is 1. The van der Waals surface area contributed by atoms with Crippen LogP contribution < -0.4 is 5.32 Å². The first-order valence-electron chi connectivity index (χ1n) is 9.68. The summed E-state index contributed by atoms with van der Waals surface area (Å²) in [7, 11) is 0. The van der Waals surface area contributed by atoms with Crippen LogP contribution in [0.5, 0.6) is 0 Å². The molecule has 148 valence electrons. The topological polar surface area (TPSA) is 58.6 Å². The maximum absolute atomic E-state index is 13.6. The van der Waals surface area contributed by atoms with Gasteiger partial charge in [-0.25, -0.2) is 13.6 Å². The van der Waals surface area contributed by atoms with Gasteiger partial charge in [-0.3, -0.25) is 4.79 Å². The lowest BCUT2D eigenvalue weighted by Crippen LogP contribution is -2.46. The molecule has 1 aromatic carbocycles. The number of hydrogen-bond donors (Lipinski definition) is 1. The van der Waals surface area contributed by atoms with E-state index >= 15 is 0 Å². The van der Waals surface area contributed by atoms with Crippen LogP contribution in [0.3, 0.4) is 0 Å². The molecule has 3 rings (SSSR count). The van der Waals surface area contributed by atoms with Crippen molar-refractivity contribution in [2.75, 3.05) is 13.2 Å². The van der Waals surface area contributed by atoms with Crippen molar-refractivity contribution in [2.24, 2.45) is 5.92 Å². The van der Waals surface area contributed by atoms with Crippen molar-refractivity contribution >= 4 is 12.0 Å². The third kappa shape index (κ3) is 4.57. The van der Waals surface area contributed by atoms with Crippen LogP contribution in [-0.4, -0.2) is 42.1 Å². The summed E-state index contributed by atoms with van der Waals surface area (Å²) in [6.07, 6.45) is 5.54. The molecule has 0 spiro atoms. The predicted octanol–water partition coefficient (Wildman–Crippen LogP) is 3.87. The number of carbonyl (C=O) groups excluding carboxylic acids is 2. The number of fused-ring (bicyclic) bond motifs is 2. The lowest BCUT2D eigenvalue weighted by atomic mass is 9.87. The molecular weight excluding hydrogens is 354 g/mol. The van der Waals surface area contributed by atoms with Crippen LogP contribution in [0.4, 0.5) is 13.6 Å². The fourth-order valence-corrected chi connectivity index (χ4v) is 4.38. The van der Waals surface area contributed by atoms with Gasteiger partial charge in [-0.05, 0) is 63.5 Å². The summed E-state index contributed by atoms with van der Waals surface area (Å²) in [6, 6.07) is 3.46. The quantitative estimate of drug-likeness (QED) is 0.762. The van der Waals surface area contributed by atoms with Gasteiger partial charge < -0.3 is 15.0 Å². The van der Waals surface area contributed by atoms with E-state index in [1.54, 1.807) is 0 Å². The van der Waals surface area contributed by atoms with Crippen molar-refractivity contribution in [3.63, 3.8) is 0 Å². The number of benzene rings is 1. The first-order valence-corrected chi connectivity index (χ1v) is 9.68. The minimum atomic E-state index is -0.851. The van der Waals surface area contributed by atoms with Gasteiger partial charge in [0.05, 0.1) is 12.2 Å². The van der Waals surface area contributed by atoms with E-state index in [4.69, 9.17) is 4.74 Å². The molecule has 1 aromatic rings. The molecule has 0 aliphatic carbocycles. The summed E-state index contributed by atoms with van der Waals surface area (Å²) in [6.45, 7) is 2.66. The van der Waals surface area contributed by atoms with Gasteiger partial charge in [0.25, 0.3) is 5.91 Å². The van der Waals surface area contributed by atoms with Crippen molar-refractivity contribution in [1.82, 2.24) is 10.2 Å². The molecular formula is C20H26F2N2O3. The number of nitrogens with one attached hydrogen (secondary N) is 1. The monoisotopic (exact) mass is 380 g/mol. The SMILES string of the molecule is CCOC(=O)N1C2CCC1CC(CCCNC(=O)c1ccc(F)cc1F)C2. The molecule has 2 heterocycles. The molecule has 2 fully saturated rings. The molecule has 2 aliphatic rings. The number of amides is 2. The number of ether oxygens (including phenoxy) is 1. The molecule has 2 aliphatic heterocycles. The van der Waals surface area contributed by atoms with E-state index < -0.39 is 17.5 Å². The molecule has 2 amide bonds. The second kappa shape index (κ2) is 8.67. The minimum Gasteiger partial charge on any atom is -0.450 e. The van der Waals surface area contributed by atoms with Gasteiger partial charge in [0.15, 0.2) is 0 Å². The molecule has 2 unspecified atom stereocenters. The Kier molecular flexibility index (Phi) is 6.29. The highest BCUT2D eigenvalue weighted by atomic mass is 19.1. The molecule has 2 saturated heterocycles. The van der Waals surface area contributed by atoms with Crippen LogP contribution in [0, 0.1) is 17.6 Å². The first-order chi connectivity index (χ1) is 13.0. The van der Waals surface area contributed by atoms with Crippen LogP contribution in [-0.2, 0) is 4.74 Å². The van der Waals surface area contributed by atoms with E-state index in [9.17, 15) is 18.4 Å². The van der Waals surface area contributed by atoms with E-state index in [-0.39, 0.29) is 23.7 Å². The van der Waals surface area contributed by atoms with E-state index in [0.717, 1.165) is 50.7 Å². The third-order valence-electron chi connectivity index (χ3n) is 5.56. The average molecular weight is 380 g/mol. The number of rotatable bonds is 6. The maximum atomic E-state index is 13.6. The van der Waals surface area contributed by atoms with Gasteiger partial charge in [-0.15, -0.1) is 0 Å². The zero-order valence-corrected chi connectivity index (χ0v) is 15.5. The Labute approximate surface area is 158 Å². The summed E-state index contributed by atoms with van der Waals surface area (Å²) in [5, 5.41) is 2.69. The lowest BCUT2D eigenvalue weighted by molar-refractivity contribution is 0.0588. The number of carbonyl (C=O) groups is 2. The van der Waals surface area contributed by atoms with Crippen molar-refractivity contribution < 1.29 is 23.1 Å². The summed E-state index contributed by atoms with van der Waals surface area (Å²) in [4.78, 5) is 26.0. The van der Waals surface area contributed by atoms with Crippen molar-refractivity contribution in [3.05, 3.63) is 35.4 Å². The van der Waals surface area contributed by atoms with E-state index in [1.807, 2.05) is 11.8 Å². The predicted molar refractivity (Wildman–Crippen MR) is 96.3 cm³/mol. The Morgan fingerprint density at radius 1 is 1.22 bits per heavy atom. The molecule has 7 heteroatoms. The fourth-order valence-electron chi connectivity index (χ4n) is 4.38. The van der Waals surface area contributed by atoms with Gasteiger partial charge in [0, 0.05) is 24.7 Å². The van der Waals surface area contributed by atoms with Crippen LogP contribution in [0.2, 0.25) is 0 Å². The van der Waals surface area contributed by atoms with E-state index in [0.29, 0.717) is 25.1 Å². The average Bonchev–Trinajstić information content (AvgIpc) is 2.89. The summed E-state index contributed by atoms with van der Waals surface area (Å²) in [5.74, 6) is -1.56. The lowest BCUT2D eigenvalue weighted by Gasteiger charge is -2.38. The Balaban J connectivity index is 1.42. The Morgan fingerprint density at radius 3 is 2.56 bits per heavy atom. The van der Waals surface area contributed by atoms with Crippen molar-refractivity contribution in [2.45, 2.75) is 57.5 Å². The zero-order chi connectivity index (χ0) is 19.4. The second-order valence-corrected chi connectivity index (χ2v) is 7.35. The minimum absolute atomic E-state index is 0.141. The number of halogens is 2. The molecule has 0 radical (unpaired) electrons.